The summed E-state index contributed by atoms with van der Waals surface area (Å²) in [5.41, 5.74) is 1.09. The Morgan fingerprint density at radius 3 is 2.72 bits per heavy atom. The molecule has 5 nitrogen and oxygen atoms in total. The number of amides is 1. The van der Waals surface area contributed by atoms with Crippen molar-refractivity contribution in [2.24, 2.45) is 0 Å². The summed E-state index contributed by atoms with van der Waals surface area (Å²) in [4.78, 5) is 25.5. The van der Waals surface area contributed by atoms with Crippen LogP contribution >= 0.6 is 23.4 Å². The van der Waals surface area contributed by atoms with Crippen LogP contribution in [0.3, 0.4) is 0 Å². The van der Waals surface area contributed by atoms with Gasteiger partial charge in [0.15, 0.2) is 5.58 Å². The lowest BCUT2D eigenvalue weighted by atomic mass is 10.2. The van der Waals surface area contributed by atoms with Crippen LogP contribution in [0.15, 0.2) is 62.6 Å². The first-order valence-electron chi connectivity index (χ1n) is 7.82. The second-order valence-electron chi connectivity index (χ2n) is 5.48. The van der Waals surface area contributed by atoms with E-state index in [1.54, 1.807) is 43.0 Å². The third kappa shape index (κ3) is 4.08. The number of carbonyl (C=O) groups excluding carboxylic acids is 1. The first kappa shape index (κ1) is 17.6. The second-order valence-corrected chi connectivity index (χ2v) is 7.08. The molecule has 1 N–H and O–H groups in total. The van der Waals surface area contributed by atoms with Crippen molar-refractivity contribution in [2.45, 2.75) is 17.9 Å². The molecule has 7 heteroatoms. The maximum atomic E-state index is 12.4. The highest BCUT2D eigenvalue weighted by atomic mass is 35.5. The summed E-state index contributed by atoms with van der Waals surface area (Å²) < 4.78 is 6.55. The molecule has 0 aliphatic heterocycles. The molecule has 2 aromatic carbocycles. The SMILES string of the molecule is CC(C(=O)NCCSc1ccc(Cl)cc1)n1c(=O)oc2ccccc21. The number of hydrogen-bond acceptors (Lipinski definition) is 4. The van der Waals surface area contributed by atoms with Crippen molar-refractivity contribution in [2.75, 3.05) is 12.3 Å². The van der Waals surface area contributed by atoms with Crippen LogP contribution in [0.4, 0.5) is 0 Å². The number of aromatic nitrogens is 1. The first-order valence-corrected chi connectivity index (χ1v) is 9.19. The van der Waals surface area contributed by atoms with Gasteiger partial charge in [-0.2, -0.15) is 0 Å². The highest BCUT2D eigenvalue weighted by Gasteiger charge is 2.20. The summed E-state index contributed by atoms with van der Waals surface area (Å²) in [5.74, 6) is -0.0223. The van der Waals surface area contributed by atoms with Gasteiger partial charge in [0.1, 0.15) is 6.04 Å². The zero-order valence-electron chi connectivity index (χ0n) is 13.6. The number of hydrogen-bond donors (Lipinski definition) is 1. The molecule has 1 heterocycles. The van der Waals surface area contributed by atoms with E-state index in [4.69, 9.17) is 16.0 Å². The van der Waals surface area contributed by atoms with Gasteiger partial charge in [-0.3, -0.25) is 9.36 Å². The standard InChI is InChI=1S/C18H17ClN2O3S/c1-12(21-15-4-2-3-5-16(15)24-18(21)23)17(22)20-10-11-25-14-8-6-13(19)7-9-14/h2-9,12H,10-11H2,1H3,(H,20,22). The Morgan fingerprint density at radius 2 is 1.96 bits per heavy atom. The predicted molar refractivity (Wildman–Crippen MR) is 100 cm³/mol. The van der Waals surface area contributed by atoms with Crippen molar-refractivity contribution >= 4 is 40.4 Å². The Hall–Kier alpha value is -2.18. The van der Waals surface area contributed by atoms with Gasteiger partial charge in [0, 0.05) is 22.2 Å². The van der Waals surface area contributed by atoms with Crippen LogP contribution in [0, 0.1) is 0 Å². The van der Waals surface area contributed by atoms with Gasteiger partial charge in [-0.1, -0.05) is 23.7 Å². The van der Waals surface area contributed by atoms with Gasteiger partial charge in [-0.25, -0.2) is 4.79 Å². The van der Waals surface area contributed by atoms with Gasteiger partial charge < -0.3 is 9.73 Å². The molecule has 0 radical (unpaired) electrons. The molecule has 0 aliphatic rings. The molecule has 0 fully saturated rings. The number of nitrogens with zero attached hydrogens (tertiary/aromatic N) is 1. The third-order valence-corrected chi connectivity index (χ3v) is 5.03. The van der Waals surface area contributed by atoms with E-state index < -0.39 is 11.8 Å². The molecular weight excluding hydrogens is 360 g/mol. The summed E-state index contributed by atoms with van der Waals surface area (Å²) >= 11 is 7.48. The normalized spacial score (nSPS) is 12.2. The molecular formula is C18H17ClN2O3S. The van der Waals surface area contributed by atoms with Crippen LogP contribution in [0.5, 0.6) is 0 Å². The zero-order valence-corrected chi connectivity index (χ0v) is 15.1. The van der Waals surface area contributed by atoms with Crippen LogP contribution in [0.2, 0.25) is 5.02 Å². The number of halogens is 1. The van der Waals surface area contributed by atoms with Crippen molar-refractivity contribution < 1.29 is 9.21 Å². The first-order chi connectivity index (χ1) is 12.1. The number of carbonyl (C=O) groups is 1. The molecule has 1 unspecified atom stereocenters. The number of para-hydroxylation sites is 2. The third-order valence-electron chi connectivity index (χ3n) is 3.77. The molecule has 0 saturated carbocycles. The van der Waals surface area contributed by atoms with Crippen molar-refractivity contribution in [3.63, 3.8) is 0 Å². The van der Waals surface area contributed by atoms with Gasteiger partial charge in [0.25, 0.3) is 0 Å². The highest BCUT2D eigenvalue weighted by Crippen LogP contribution is 2.20. The predicted octanol–water partition coefficient (Wildman–Crippen LogP) is 3.72. The number of thioether (sulfide) groups is 1. The fourth-order valence-corrected chi connectivity index (χ4v) is 3.38. The Bertz CT molecular complexity index is 933. The summed E-state index contributed by atoms with van der Waals surface area (Å²) in [7, 11) is 0. The maximum Gasteiger partial charge on any atom is 0.420 e. The minimum absolute atomic E-state index is 0.217. The summed E-state index contributed by atoms with van der Waals surface area (Å²) in [6, 6.07) is 14.0. The van der Waals surface area contributed by atoms with Crippen LogP contribution < -0.4 is 11.1 Å². The summed E-state index contributed by atoms with van der Waals surface area (Å²) in [6.07, 6.45) is 0. The van der Waals surface area contributed by atoms with E-state index in [-0.39, 0.29) is 5.91 Å². The monoisotopic (exact) mass is 376 g/mol. The smallest absolute Gasteiger partial charge is 0.408 e. The second kappa shape index (κ2) is 7.80. The fraction of sp³-hybridized carbons (Fsp3) is 0.222. The van der Waals surface area contributed by atoms with Gasteiger partial charge >= 0.3 is 5.76 Å². The van der Waals surface area contributed by atoms with E-state index in [1.165, 1.54) is 4.57 Å². The van der Waals surface area contributed by atoms with Crippen LogP contribution in [-0.4, -0.2) is 22.8 Å². The summed E-state index contributed by atoms with van der Waals surface area (Å²) in [6.45, 7) is 2.19. The topological polar surface area (TPSA) is 64.2 Å². The van der Waals surface area contributed by atoms with Crippen molar-refractivity contribution in [1.82, 2.24) is 9.88 Å². The maximum absolute atomic E-state index is 12.4. The van der Waals surface area contributed by atoms with E-state index in [1.807, 2.05) is 24.3 Å². The van der Waals surface area contributed by atoms with E-state index >= 15 is 0 Å². The fourth-order valence-electron chi connectivity index (χ4n) is 2.49. The van der Waals surface area contributed by atoms with Gasteiger partial charge in [0.2, 0.25) is 5.91 Å². The molecule has 25 heavy (non-hydrogen) atoms. The number of rotatable bonds is 6. The molecule has 3 rings (SSSR count). The molecule has 1 aromatic heterocycles. The summed E-state index contributed by atoms with van der Waals surface area (Å²) in [5, 5.41) is 3.56. The molecule has 0 saturated heterocycles. The minimum Gasteiger partial charge on any atom is -0.408 e. The van der Waals surface area contributed by atoms with Crippen molar-refractivity contribution in [1.29, 1.82) is 0 Å². The number of nitrogens with one attached hydrogen (secondary N) is 1. The minimum atomic E-state index is -0.642. The molecule has 0 aliphatic carbocycles. The average molecular weight is 377 g/mol. The van der Waals surface area contributed by atoms with Gasteiger partial charge in [-0.05, 0) is 43.3 Å². The molecule has 130 valence electrons. The van der Waals surface area contributed by atoms with Crippen molar-refractivity contribution in [3.8, 4) is 0 Å². The van der Waals surface area contributed by atoms with Gasteiger partial charge in [0.05, 0.1) is 5.52 Å². The van der Waals surface area contributed by atoms with Crippen molar-refractivity contribution in [3.05, 3.63) is 64.1 Å². The molecule has 0 bridgehead atoms. The lowest BCUT2D eigenvalue weighted by Gasteiger charge is -2.13. The quantitative estimate of drug-likeness (QED) is 0.526. The number of fused-ring (bicyclic) bond motifs is 1. The highest BCUT2D eigenvalue weighted by molar-refractivity contribution is 7.99. The number of benzene rings is 2. The van der Waals surface area contributed by atoms with E-state index in [2.05, 4.69) is 5.32 Å². The van der Waals surface area contributed by atoms with Crippen LogP contribution in [-0.2, 0) is 4.79 Å². The van der Waals surface area contributed by atoms with E-state index in [0.717, 1.165) is 10.6 Å². The largest absolute Gasteiger partial charge is 0.420 e. The van der Waals surface area contributed by atoms with Gasteiger partial charge in [-0.15, -0.1) is 11.8 Å². The van der Waals surface area contributed by atoms with E-state index in [9.17, 15) is 9.59 Å². The average Bonchev–Trinajstić information content (AvgIpc) is 2.95. The molecule has 0 spiro atoms. The lowest BCUT2D eigenvalue weighted by molar-refractivity contribution is -0.123. The number of oxazole rings is 1. The molecule has 1 atom stereocenters. The van der Waals surface area contributed by atoms with E-state index in [0.29, 0.717) is 22.7 Å². The zero-order chi connectivity index (χ0) is 17.8. The Kier molecular flexibility index (Phi) is 5.50. The Labute approximate surface area is 154 Å². The molecule has 3 aromatic rings. The van der Waals surface area contributed by atoms with Crippen LogP contribution in [0.1, 0.15) is 13.0 Å². The lowest BCUT2D eigenvalue weighted by Crippen LogP contribution is -2.35. The Balaban J connectivity index is 1.58. The molecule has 1 amide bonds. The van der Waals surface area contributed by atoms with Crippen LogP contribution in [0.25, 0.3) is 11.1 Å². The Morgan fingerprint density at radius 1 is 1.24 bits per heavy atom.